The molecule has 0 bridgehead atoms. The zero-order chi connectivity index (χ0) is 14.9. The Morgan fingerprint density at radius 2 is 2.32 bits per heavy atom. The zero-order valence-electron chi connectivity index (χ0n) is 12.1. The number of nitrogens with one attached hydrogen (secondary N) is 1. The Labute approximate surface area is 132 Å². The van der Waals surface area contributed by atoms with Crippen molar-refractivity contribution in [1.82, 2.24) is 15.1 Å². The van der Waals surface area contributed by atoms with Gasteiger partial charge in [0.15, 0.2) is 11.5 Å². The molecule has 0 aromatic carbocycles. The number of H-pyrrole nitrogens is 1. The van der Waals surface area contributed by atoms with Crippen LogP contribution in [0.5, 0.6) is 11.5 Å². The van der Waals surface area contributed by atoms with Gasteiger partial charge in [0.05, 0.1) is 0 Å². The number of aromatic nitrogens is 2. The molecule has 1 fully saturated rings. The van der Waals surface area contributed by atoms with Crippen molar-refractivity contribution >= 4 is 17.2 Å². The van der Waals surface area contributed by atoms with E-state index in [1.807, 2.05) is 16.3 Å². The van der Waals surface area contributed by atoms with Crippen molar-refractivity contribution in [3.8, 4) is 11.5 Å². The van der Waals surface area contributed by atoms with E-state index in [-0.39, 0.29) is 5.91 Å². The fraction of sp³-hybridized carbons (Fsp3) is 0.467. The van der Waals surface area contributed by atoms with Gasteiger partial charge in [0.2, 0.25) is 0 Å². The molecule has 7 heteroatoms. The second kappa shape index (κ2) is 5.64. The van der Waals surface area contributed by atoms with Crippen LogP contribution in [0.2, 0.25) is 0 Å². The number of piperidine rings is 1. The third-order valence-corrected chi connectivity index (χ3v) is 5.09. The van der Waals surface area contributed by atoms with Crippen molar-refractivity contribution < 1.29 is 14.3 Å². The maximum atomic E-state index is 12.8. The predicted molar refractivity (Wildman–Crippen MR) is 81.8 cm³/mol. The topological polar surface area (TPSA) is 67.5 Å². The van der Waals surface area contributed by atoms with E-state index in [4.69, 9.17) is 9.47 Å². The molecule has 22 heavy (non-hydrogen) atoms. The molecule has 1 saturated heterocycles. The Balaban J connectivity index is 1.54. The number of nitrogens with zero attached hydrogens (tertiary/aromatic N) is 2. The van der Waals surface area contributed by atoms with Crippen molar-refractivity contribution in [2.75, 3.05) is 26.3 Å². The van der Waals surface area contributed by atoms with E-state index in [0.29, 0.717) is 42.1 Å². The number of aromatic amines is 1. The van der Waals surface area contributed by atoms with Crippen LogP contribution in [0.1, 0.15) is 34.1 Å². The van der Waals surface area contributed by atoms with Gasteiger partial charge in [-0.3, -0.25) is 9.89 Å². The van der Waals surface area contributed by atoms with Crippen LogP contribution in [-0.4, -0.2) is 47.3 Å². The molecule has 2 aromatic rings. The van der Waals surface area contributed by atoms with E-state index in [2.05, 4.69) is 10.2 Å². The fourth-order valence-corrected chi connectivity index (χ4v) is 3.96. The number of carbonyl (C=O) groups is 1. The summed E-state index contributed by atoms with van der Waals surface area (Å²) in [6.45, 7) is 2.55. The van der Waals surface area contributed by atoms with Crippen LogP contribution in [0.15, 0.2) is 17.6 Å². The van der Waals surface area contributed by atoms with Crippen molar-refractivity contribution in [3.63, 3.8) is 0 Å². The van der Waals surface area contributed by atoms with E-state index in [1.54, 1.807) is 6.20 Å². The summed E-state index contributed by atoms with van der Waals surface area (Å²) in [5, 5.41) is 8.89. The number of rotatable bonds is 2. The SMILES string of the molecule is O=C(c1scc2c1OCCO2)N1CCC[C@H](c2ccn[nH]2)C1. The number of hydrogen-bond donors (Lipinski definition) is 1. The van der Waals surface area contributed by atoms with Gasteiger partial charge in [-0.1, -0.05) is 0 Å². The van der Waals surface area contributed by atoms with Gasteiger partial charge in [-0.15, -0.1) is 11.3 Å². The molecule has 4 rings (SSSR count). The molecule has 0 radical (unpaired) electrons. The van der Waals surface area contributed by atoms with Crippen molar-refractivity contribution in [2.45, 2.75) is 18.8 Å². The van der Waals surface area contributed by atoms with Gasteiger partial charge in [0.25, 0.3) is 5.91 Å². The molecule has 2 aliphatic rings. The molecule has 1 atom stereocenters. The third kappa shape index (κ3) is 2.35. The second-order valence-electron chi connectivity index (χ2n) is 5.56. The number of ether oxygens (including phenoxy) is 2. The van der Waals surface area contributed by atoms with Crippen molar-refractivity contribution in [2.24, 2.45) is 0 Å². The smallest absolute Gasteiger partial charge is 0.267 e. The molecule has 0 aliphatic carbocycles. The minimum Gasteiger partial charge on any atom is -0.485 e. The summed E-state index contributed by atoms with van der Waals surface area (Å²) in [7, 11) is 0. The summed E-state index contributed by atoms with van der Waals surface area (Å²) in [5.41, 5.74) is 1.10. The van der Waals surface area contributed by atoms with Crippen molar-refractivity contribution in [1.29, 1.82) is 0 Å². The highest BCUT2D eigenvalue weighted by Crippen LogP contribution is 2.40. The molecular formula is C15H17N3O3S. The third-order valence-electron chi connectivity index (χ3n) is 4.17. The minimum atomic E-state index is 0.0426. The number of thiophene rings is 1. The fourth-order valence-electron chi connectivity index (χ4n) is 3.06. The Hall–Kier alpha value is -2.02. The number of likely N-dealkylation sites (tertiary alicyclic amines) is 1. The lowest BCUT2D eigenvalue weighted by molar-refractivity contribution is 0.0702. The summed E-state index contributed by atoms with van der Waals surface area (Å²) in [5.74, 6) is 1.68. The highest BCUT2D eigenvalue weighted by Gasteiger charge is 2.31. The van der Waals surface area contributed by atoms with Crippen LogP contribution in [0.25, 0.3) is 0 Å². The molecule has 2 aromatic heterocycles. The maximum absolute atomic E-state index is 12.8. The average molecular weight is 319 g/mol. The molecule has 0 spiro atoms. The molecule has 1 N–H and O–H groups in total. The summed E-state index contributed by atoms with van der Waals surface area (Å²) < 4.78 is 11.2. The number of hydrogen-bond acceptors (Lipinski definition) is 5. The van der Waals surface area contributed by atoms with Gasteiger partial charge in [-0.2, -0.15) is 5.10 Å². The molecule has 4 heterocycles. The maximum Gasteiger partial charge on any atom is 0.267 e. The van der Waals surface area contributed by atoms with Crippen LogP contribution in [0.3, 0.4) is 0 Å². The first-order valence-corrected chi connectivity index (χ1v) is 8.36. The molecule has 0 unspecified atom stereocenters. The van der Waals surface area contributed by atoms with Crippen LogP contribution < -0.4 is 9.47 Å². The Bertz CT molecular complexity index is 668. The summed E-state index contributed by atoms with van der Waals surface area (Å²) in [6.07, 6.45) is 3.84. The number of amides is 1. The molecule has 6 nitrogen and oxygen atoms in total. The standard InChI is InChI=1S/C15H17N3O3S/c19-15(14-13-12(9-22-14)20-6-7-21-13)18-5-1-2-10(8-18)11-3-4-16-17-11/h3-4,9-10H,1-2,5-8H2,(H,16,17)/t10-/m0/s1. The Morgan fingerprint density at radius 1 is 1.41 bits per heavy atom. The summed E-state index contributed by atoms with van der Waals surface area (Å²) >= 11 is 1.40. The number of fused-ring (bicyclic) bond motifs is 1. The lowest BCUT2D eigenvalue weighted by Gasteiger charge is -2.32. The highest BCUT2D eigenvalue weighted by molar-refractivity contribution is 7.12. The first-order valence-electron chi connectivity index (χ1n) is 7.48. The van der Waals surface area contributed by atoms with Gasteiger partial charge < -0.3 is 14.4 Å². The Kier molecular flexibility index (Phi) is 3.49. The zero-order valence-corrected chi connectivity index (χ0v) is 12.9. The van der Waals surface area contributed by atoms with E-state index < -0.39 is 0 Å². The lowest BCUT2D eigenvalue weighted by atomic mass is 9.95. The summed E-state index contributed by atoms with van der Waals surface area (Å²) in [4.78, 5) is 15.4. The van der Waals surface area contributed by atoms with Crippen LogP contribution >= 0.6 is 11.3 Å². The van der Waals surface area contributed by atoms with E-state index >= 15 is 0 Å². The van der Waals surface area contributed by atoms with E-state index in [9.17, 15) is 4.79 Å². The van der Waals surface area contributed by atoms with Gasteiger partial charge in [-0.25, -0.2) is 0 Å². The van der Waals surface area contributed by atoms with Gasteiger partial charge in [0.1, 0.15) is 18.1 Å². The molecular weight excluding hydrogens is 302 g/mol. The lowest BCUT2D eigenvalue weighted by Crippen LogP contribution is -2.39. The largest absolute Gasteiger partial charge is 0.485 e. The normalized spacial score (nSPS) is 20.9. The highest BCUT2D eigenvalue weighted by atomic mass is 32.1. The molecule has 0 saturated carbocycles. The van der Waals surface area contributed by atoms with Crippen molar-refractivity contribution in [3.05, 3.63) is 28.2 Å². The molecule has 116 valence electrons. The quantitative estimate of drug-likeness (QED) is 0.922. The van der Waals surface area contributed by atoms with Gasteiger partial charge in [0, 0.05) is 36.3 Å². The monoisotopic (exact) mass is 319 g/mol. The second-order valence-corrected chi connectivity index (χ2v) is 6.44. The van der Waals surface area contributed by atoms with E-state index in [0.717, 1.165) is 25.1 Å². The predicted octanol–water partition coefficient (Wildman–Crippen LogP) is 2.26. The van der Waals surface area contributed by atoms with Crippen LogP contribution in [0, 0.1) is 0 Å². The molecule has 2 aliphatic heterocycles. The van der Waals surface area contributed by atoms with Gasteiger partial charge >= 0.3 is 0 Å². The molecule has 1 amide bonds. The number of carbonyl (C=O) groups excluding carboxylic acids is 1. The van der Waals surface area contributed by atoms with Crippen LogP contribution in [0.4, 0.5) is 0 Å². The van der Waals surface area contributed by atoms with Gasteiger partial charge in [-0.05, 0) is 18.9 Å². The van der Waals surface area contributed by atoms with E-state index in [1.165, 1.54) is 11.3 Å². The minimum absolute atomic E-state index is 0.0426. The summed E-state index contributed by atoms with van der Waals surface area (Å²) in [6, 6.07) is 1.99. The van der Waals surface area contributed by atoms with Crippen LogP contribution in [-0.2, 0) is 0 Å². The Morgan fingerprint density at radius 3 is 3.18 bits per heavy atom. The average Bonchev–Trinajstić information content (AvgIpc) is 3.24. The first-order chi connectivity index (χ1) is 10.8. The first kappa shape index (κ1) is 13.6.